The monoisotopic (exact) mass is 281 g/mol. The van der Waals surface area contributed by atoms with E-state index in [9.17, 15) is 0 Å². The molecule has 0 fully saturated rings. The maximum atomic E-state index is 6.29. The summed E-state index contributed by atoms with van der Waals surface area (Å²) in [4.78, 5) is 1.23. The van der Waals surface area contributed by atoms with Gasteiger partial charge in [-0.05, 0) is 33.8 Å². The summed E-state index contributed by atoms with van der Waals surface area (Å²) in [5.74, 6) is 0. The molecule has 0 saturated heterocycles. The molecule has 1 aromatic carbocycles. The lowest BCUT2D eigenvalue weighted by molar-refractivity contribution is 0.908. The van der Waals surface area contributed by atoms with Gasteiger partial charge in [0.1, 0.15) is 0 Å². The molecule has 0 spiro atoms. The molecule has 1 atom stereocenters. The first-order valence-electron chi connectivity index (χ1n) is 5.11. The van der Waals surface area contributed by atoms with Gasteiger partial charge in [0, 0.05) is 9.58 Å². The fraction of sp³-hybridized carbons (Fsp3) is 0.0769. The summed E-state index contributed by atoms with van der Waals surface area (Å²) in [6.45, 7) is 0. The average Bonchev–Trinajstić information content (AvgIpc) is 2.98. The fourth-order valence-electron chi connectivity index (χ4n) is 1.86. The van der Waals surface area contributed by atoms with E-state index >= 15 is 0 Å². The van der Waals surface area contributed by atoms with Gasteiger partial charge in [0.05, 0.1) is 6.04 Å². The third kappa shape index (κ3) is 2.24. The van der Waals surface area contributed by atoms with Crippen LogP contribution in [-0.2, 0) is 0 Å². The van der Waals surface area contributed by atoms with E-state index in [2.05, 4.69) is 47.2 Å². The summed E-state index contributed by atoms with van der Waals surface area (Å²) in [6.07, 6.45) is 0. The Labute approximate surface area is 114 Å². The van der Waals surface area contributed by atoms with E-state index in [-0.39, 0.29) is 18.4 Å². The quantitative estimate of drug-likeness (QED) is 0.739. The molecule has 1 nitrogen and oxygen atoms in total. The van der Waals surface area contributed by atoms with Gasteiger partial charge < -0.3 is 5.73 Å². The van der Waals surface area contributed by atoms with Crippen molar-refractivity contribution in [1.82, 2.24) is 0 Å². The summed E-state index contributed by atoms with van der Waals surface area (Å²) in [5, 5.41) is 5.53. The van der Waals surface area contributed by atoms with Crippen LogP contribution in [0.3, 0.4) is 0 Å². The largest absolute Gasteiger partial charge is 0.320 e. The highest BCUT2D eigenvalue weighted by atomic mass is 35.5. The second kappa shape index (κ2) is 5.19. The molecule has 4 heteroatoms. The van der Waals surface area contributed by atoms with E-state index < -0.39 is 0 Å². The third-order valence-electron chi connectivity index (χ3n) is 2.70. The molecule has 17 heavy (non-hydrogen) atoms. The number of hydrogen-bond donors (Lipinski definition) is 1. The van der Waals surface area contributed by atoms with Gasteiger partial charge in [-0.2, -0.15) is 0 Å². The Morgan fingerprint density at radius 2 is 1.82 bits per heavy atom. The van der Waals surface area contributed by atoms with Crippen molar-refractivity contribution in [3.63, 3.8) is 0 Å². The number of fused-ring (bicyclic) bond motifs is 1. The molecule has 2 aromatic heterocycles. The van der Waals surface area contributed by atoms with E-state index in [1.165, 1.54) is 20.5 Å². The summed E-state index contributed by atoms with van der Waals surface area (Å²) in [7, 11) is 0. The van der Waals surface area contributed by atoms with Crippen LogP contribution in [0.5, 0.6) is 0 Å². The lowest BCUT2D eigenvalue weighted by Gasteiger charge is -2.08. The summed E-state index contributed by atoms with van der Waals surface area (Å²) in [6, 6.07) is 12.6. The first-order valence-corrected chi connectivity index (χ1v) is 6.87. The Kier molecular flexibility index (Phi) is 3.84. The van der Waals surface area contributed by atoms with Gasteiger partial charge in [0.25, 0.3) is 0 Å². The van der Waals surface area contributed by atoms with Gasteiger partial charge in [-0.1, -0.05) is 24.3 Å². The second-order valence-electron chi connectivity index (χ2n) is 3.68. The highest BCUT2D eigenvalue weighted by Crippen LogP contribution is 2.33. The topological polar surface area (TPSA) is 26.0 Å². The molecule has 0 unspecified atom stereocenters. The predicted octanol–water partition coefficient (Wildman–Crippen LogP) is 4.43. The van der Waals surface area contributed by atoms with Gasteiger partial charge in [0.15, 0.2) is 0 Å². The van der Waals surface area contributed by atoms with Gasteiger partial charge in [-0.3, -0.25) is 0 Å². The van der Waals surface area contributed by atoms with Crippen molar-refractivity contribution in [3.8, 4) is 0 Å². The maximum Gasteiger partial charge on any atom is 0.0660 e. The molecule has 88 valence electrons. The first kappa shape index (κ1) is 12.6. The van der Waals surface area contributed by atoms with E-state index in [0.717, 1.165) is 0 Å². The van der Waals surface area contributed by atoms with Crippen molar-refractivity contribution in [2.45, 2.75) is 6.04 Å². The zero-order chi connectivity index (χ0) is 11.0. The Morgan fingerprint density at radius 1 is 1.00 bits per heavy atom. The van der Waals surface area contributed by atoms with Crippen molar-refractivity contribution < 1.29 is 0 Å². The van der Waals surface area contributed by atoms with E-state index in [1.807, 2.05) is 0 Å². The highest BCUT2D eigenvalue weighted by Gasteiger charge is 2.13. The minimum Gasteiger partial charge on any atom is -0.320 e. The van der Waals surface area contributed by atoms with Crippen LogP contribution in [0.15, 0.2) is 47.2 Å². The van der Waals surface area contributed by atoms with E-state index in [0.29, 0.717) is 0 Å². The number of benzene rings is 1. The summed E-state index contributed by atoms with van der Waals surface area (Å²) < 4.78 is 1.31. The molecule has 0 aliphatic carbocycles. The normalized spacial score (nSPS) is 12.3. The maximum absolute atomic E-state index is 6.29. The first-order chi connectivity index (χ1) is 7.86. The van der Waals surface area contributed by atoms with Crippen LogP contribution in [0.25, 0.3) is 10.1 Å². The van der Waals surface area contributed by atoms with Crippen molar-refractivity contribution in [1.29, 1.82) is 0 Å². The molecule has 0 aliphatic heterocycles. The Hall–Kier alpha value is -0.870. The number of hydrogen-bond acceptors (Lipinski definition) is 3. The molecular weight excluding hydrogens is 270 g/mol. The summed E-state index contributed by atoms with van der Waals surface area (Å²) >= 11 is 3.48. The van der Waals surface area contributed by atoms with E-state index in [4.69, 9.17) is 5.73 Å². The van der Waals surface area contributed by atoms with E-state index in [1.54, 1.807) is 22.7 Å². The van der Waals surface area contributed by atoms with Crippen LogP contribution in [0.2, 0.25) is 0 Å². The molecule has 2 N–H and O–H groups in total. The van der Waals surface area contributed by atoms with Gasteiger partial charge in [-0.15, -0.1) is 35.1 Å². The van der Waals surface area contributed by atoms with Gasteiger partial charge in [-0.25, -0.2) is 0 Å². The van der Waals surface area contributed by atoms with Gasteiger partial charge in [0.2, 0.25) is 0 Å². The Morgan fingerprint density at radius 3 is 2.59 bits per heavy atom. The molecule has 0 aliphatic rings. The molecule has 0 radical (unpaired) electrons. The second-order valence-corrected chi connectivity index (χ2v) is 5.57. The van der Waals surface area contributed by atoms with Crippen molar-refractivity contribution in [2.24, 2.45) is 5.73 Å². The minimum atomic E-state index is 0. The number of halogens is 1. The van der Waals surface area contributed by atoms with Crippen LogP contribution >= 0.6 is 35.1 Å². The zero-order valence-electron chi connectivity index (χ0n) is 9.00. The van der Waals surface area contributed by atoms with Crippen LogP contribution in [0.1, 0.15) is 16.5 Å². The lowest BCUT2D eigenvalue weighted by Crippen LogP contribution is -2.09. The van der Waals surface area contributed by atoms with Gasteiger partial charge >= 0.3 is 0 Å². The predicted molar refractivity (Wildman–Crippen MR) is 79.4 cm³/mol. The molecule has 0 bridgehead atoms. The Balaban J connectivity index is 0.00000108. The average molecular weight is 282 g/mol. The smallest absolute Gasteiger partial charge is 0.0660 e. The van der Waals surface area contributed by atoms with Crippen LogP contribution in [-0.4, -0.2) is 0 Å². The molecule has 0 saturated carbocycles. The minimum absolute atomic E-state index is 0. The molecule has 3 aromatic rings. The van der Waals surface area contributed by atoms with Crippen LogP contribution < -0.4 is 5.73 Å². The van der Waals surface area contributed by atoms with Crippen LogP contribution in [0.4, 0.5) is 0 Å². The van der Waals surface area contributed by atoms with Crippen LogP contribution in [0, 0.1) is 0 Å². The van der Waals surface area contributed by atoms with Crippen molar-refractivity contribution in [3.05, 3.63) is 57.6 Å². The number of thiophene rings is 2. The molecule has 2 heterocycles. The highest BCUT2D eigenvalue weighted by molar-refractivity contribution is 7.17. The molecule has 3 rings (SSSR count). The zero-order valence-corrected chi connectivity index (χ0v) is 11.4. The van der Waals surface area contributed by atoms with Crippen molar-refractivity contribution in [2.75, 3.05) is 0 Å². The lowest BCUT2D eigenvalue weighted by atomic mass is 10.1. The molecular formula is C13H12ClNS2. The molecule has 0 amide bonds. The SMILES string of the molecule is Cl.N[C@H](c1cccs1)c1csc2ccccc12. The van der Waals surface area contributed by atoms with Crippen molar-refractivity contribution >= 4 is 45.2 Å². The third-order valence-corrected chi connectivity index (χ3v) is 4.63. The number of nitrogens with two attached hydrogens (primary N) is 1. The summed E-state index contributed by atoms with van der Waals surface area (Å²) in [5.41, 5.74) is 7.53. The Bertz CT molecular complexity index is 601. The number of rotatable bonds is 2. The fourth-order valence-corrected chi connectivity index (χ4v) is 3.60. The standard InChI is InChI=1S/C13H11NS2.ClH/c14-13(12-6-3-7-15-12)10-8-16-11-5-2-1-4-9(10)11;/h1-8,13H,14H2;1H/t13-;/m0./s1.